The molecule has 3 nitrogen and oxygen atoms in total. The zero-order valence-electron chi connectivity index (χ0n) is 10.2. The maximum Gasteiger partial charge on any atom is 0.410 e. The second-order valence-corrected chi connectivity index (χ2v) is 6.12. The molecule has 86 valence electrons. The Labute approximate surface area is 91.8 Å². The van der Waals surface area contributed by atoms with E-state index in [1.54, 1.807) is 0 Å². The van der Waals surface area contributed by atoms with Gasteiger partial charge in [0.1, 0.15) is 5.60 Å². The van der Waals surface area contributed by atoms with E-state index in [9.17, 15) is 4.79 Å². The summed E-state index contributed by atoms with van der Waals surface area (Å²) in [5, 5.41) is 0. The van der Waals surface area contributed by atoms with Gasteiger partial charge < -0.3 is 9.64 Å². The third-order valence-corrected chi connectivity index (χ3v) is 3.64. The van der Waals surface area contributed by atoms with Gasteiger partial charge in [-0.15, -0.1) is 0 Å². The number of hydrogen-bond donors (Lipinski definition) is 0. The predicted molar refractivity (Wildman–Crippen MR) is 58.6 cm³/mol. The molecular formula is C12H21NO2. The molecule has 0 radical (unpaired) electrons. The van der Waals surface area contributed by atoms with Gasteiger partial charge in [-0.25, -0.2) is 4.79 Å². The lowest BCUT2D eigenvalue weighted by Gasteiger charge is -2.24. The van der Waals surface area contributed by atoms with Crippen LogP contribution in [0.4, 0.5) is 4.79 Å². The number of carbonyl (C=O) groups excluding carboxylic acids is 1. The largest absolute Gasteiger partial charge is 0.444 e. The van der Waals surface area contributed by atoms with Crippen LogP contribution in [-0.4, -0.2) is 29.7 Å². The number of carbonyl (C=O) groups is 1. The molecule has 1 aliphatic heterocycles. The Balaban J connectivity index is 1.89. The quantitative estimate of drug-likeness (QED) is 0.616. The molecule has 15 heavy (non-hydrogen) atoms. The maximum absolute atomic E-state index is 11.8. The van der Waals surface area contributed by atoms with E-state index >= 15 is 0 Å². The van der Waals surface area contributed by atoms with E-state index < -0.39 is 0 Å². The Morgan fingerprint density at radius 3 is 2.47 bits per heavy atom. The topological polar surface area (TPSA) is 29.5 Å². The Morgan fingerprint density at radius 2 is 2.07 bits per heavy atom. The SMILES string of the molecule is C[C@@H]1CC12CCN(C(=O)OC(C)(C)C)C2. The van der Waals surface area contributed by atoms with Crippen molar-refractivity contribution in [3.05, 3.63) is 0 Å². The molecule has 1 heterocycles. The van der Waals surface area contributed by atoms with Crippen molar-refractivity contribution >= 4 is 6.09 Å². The zero-order valence-corrected chi connectivity index (χ0v) is 10.2. The number of amides is 1. The fourth-order valence-corrected chi connectivity index (χ4v) is 2.50. The summed E-state index contributed by atoms with van der Waals surface area (Å²) >= 11 is 0. The molecule has 1 unspecified atom stereocenters. The number of likely N-dealkylation sites (tertiary alicyclic amines) is 1. The third-order valence-electron chi connectivity index (χ3n) is 3.64. The van der Waals surface area contributed by atoms with E-state index in [1.807, 2.05) is 25.7 Å². The van der Waals surface area contributed by atoms with Gasteiger partial charge in [0.2, 0.25) is 0 Å². The molecule has 2 fully saturated rings. The Hall–Kier alpha value is -0.730. The molecule has 2 atom stereocenters. The summed E-state index contributed by atoms with van der Waals surface area (Å²) in [6.45, 7) is 9.80. The highest BCUT2D eigenvalue weighted by atomic mass is 16.6. The second kappa shape index (κ2) is 3.13. The van der Waals surface area contributed by atoms with Crippen LogP contribution in [0.2, 0.25) is 0 Å². The van der Waals surface area contributed by atoms with Crippen LogP contribution in [0.5, 0.6) is 0 Å². The molecule has 1 saturated heterocycles. The van der Waals surface area contributed by atoms with Crippen LogP contribution < -0.4 is 0 Å². The summed E-state index contributed by atoms with van der Waals surface area (Å²) < 4.78 is 5.36. The first-order valence-corrected chi connectivity index (χ1v) is 5.80. The van der Waals surface area contributed by atoms with E-state index in [4.69, 9.17) is 4.74 Å². The monoisotopic (exact) mass is 211 g/mol. The van der Waals surface area contributed by atoms with Crippen LogP contribution in [0.3, 0.4) is 0 Å². The van der Waals surface area contributed by atoms with E-state index in [0.29, 0.717) is 5.41 Å². The van der Waals surface area contributed by atoms with Gasteiger partial charge in [-0.2, -0.15) is 0 Å². The highest BCUT2D eigenvalue weighted by Crippen LogP contribution is 2.58. The summed E-state index contributed by atoms with van der Waals surface area (Å²) in [5.41, 5.74) is 0.0822. The molecule has 0 aromatic carbocycles. The normalized spacial score (nSPS) is 34.7. The van der Waals surface area contributed by atoms with Crippen molar-refractivity contribution in [2.45, 2.75) is 46.1 Å². The van der Waals surface area contributed by atoms with E-state index in [-0.39, 0.29) is 11.7 Å². The Kier molecular flexibility index (Phi) is 2.25. The Morgan fingerprint density at radius 1 is 1.47 bits per heavy atom. The molecule has 1 spiro atoms. The lowest BCUT2D eigenvalue weighted by Crippen LogP contribution is -2.35. The van der Waals surface area contributed by atoms with E-state index in [2.05, 4.69) is 6.92 Å². The number of nitrogens with zero attached hydrogens (tertiary/aromatic N) is 1. The number of ether oxygens (including phenoxy) is 1. The summed E-state index contributed by atoms with van der Waals surface area (Å²) in [6.07, 6.45) is 2.30. The number of rotatable bonds is 0. The minimum absolute atomic E-state index is 0.140. The smallest absolute Gasteiger partial charge is 0.410 e. The molecule has 0 bridgehead atoms. The van der Waals surface area contributed by atoms with Crippen molar-refractivity contribution in [2.24, 2.45) is 11.3 Å². The molecular weight excluding hydrogens is 190 g/mol. The van der Waals surface area contributed by atoms with E-state index in [1.165, 1.54) is 6.42 Å². The van der Waals surface area contributed by atoms with Gasteiger partial charge in [0, 0.05) is 13.1 Å². The van der Waals surface area contributed by atoms with Gasteiger partial charge >= 0.3 is 6.09 Å². The van der Waals surface area contributed by atoms with Crippen LogP contribution in [-0.2, 0) is 4.74 Å². The fraction of sp³-hybridized carbons (Fsp3) is 0.917. The minimum Gasteiger partial charge on any atom is -0.444 e. The molecule has 0 N–H and O–H groups in total. The number of hydrogen-bond acceptors (Lipinski definition) is 2. The third kappa shape index (κ3) is 2.11. The predicted octanol–water partition coefficient (Wildman–Crippen LogP) is 2.65. The second-order valence-electron chi connectivity index (χ2n) is 6.12. The summed E-state index contributed by atoms with van der Waals surface area (Å²) in [5.74, 6) is 0.796. The van der Waals surface area contributed by atoms with E-state index in [0.717, 1.165) is 25.4 Å². The summed E-state index contributed by atoms with van der Waals surface area (Å²) in [7, 11) is 0. The maximum atomic E-state index is 11.8. The van der Waals surface area contributed by atoms with Crippen LogP contribution >= 0.6 is 0 Å². The average Bonchev–Trinajstić information content (AvgIpc) is 2.55. The molecule has 0 aromatic heterocycles. The molecule has 1 saturated carbocycles. The zero-order chi connectivity index (χ0) is 11.3. The molecule has 1 amide bonds. The van der Waals surface area contributed by atoms with Crippen LogP contribution in [0.15, 0.2) is 0 Å². The highest BCUT2D eigenvalue weighted by molar-refractivity contribution is 5.68. The van der Waals surface area contributed by atoms with Gasteiger partial charge in [-0.1, -0.05) is 6.92 Å². The van der Waals surface area contributed by atoms with Crippen LogP contribution in [0, 0.1) is 11.3 Å². The summed E-state index contributed by atoms with van der Waals surface area (Å²) in [6, 6.07) is 0. The van der Waals surface area contributed by atoms with Crippen molar-refractivity contribution in [3.8, 4) is 0 Å². The van der Waals surface area contributed by atoms with Crippen LogP contribution in [0.25, 0.3) is 0 Å². The minimum atomic E-state index is -0.373. The lowest BCUT2D eigenvalue weighted by atomic mass is 10.0. The lowest BCUT2D eigenvalue weighted by molar-refractivity contribution is 0.0284. The van der Waals surface area contributed by atoms with Crippen molar-refractivity contribution in [3.63, 3.8) is 0 Å². The molecule has 1 aliphatic carbocycles. The standard InChI is InChI=1S/C12H21NO2/c1-9-7-12(9)5-6-13(8-12)10(14)15-11(2,3)4/h9H,5-8H2,1-4H3/t9-,12?/m1/s1. The van der Waals surface area contributed by atoms with Crippen molar-refractivity contribution < 1.29 is 9.53 Å². The van der Waals surface area contributed by atoms with Gasteiger partial charge in [0.05, 0.1) is 0 Å². The first-order chi connectivity index (χ1) is 6.82. The van der Waals surface area contributed by atoms with Gasteiger partial charge in [-0.05, 0) is 44.9 Å². The van der Waals surface area contributed by atoms with Crippen molar-refractivity contribution in [2.75, 3.05) is 13.1 Å². The summed E-state index contributed by atoms with van der Waals surface area (Å²) in [4.78, 5) is 13.7. The first-order valence-electron chi connectivity index (χ1n) is 5.80. The highest BCUT2D eigenvalue weighted by Gasteiger charge is 2.55. The van der Waals surface area contributed by atoms with Crippen molar-refractivity contribution in [1.29, 1.82) is 0 Å². The Bertz CT molecular complexity index is 282. The molecule has 2 rings (SSSR count). The van der Waals surface area contributed by atoms with Crippen molar-refractivity contribution in [1.82, 2.24) is 4.90 Å². The van der Waals surface area contributed by atoms with Gasteiger partial charge in [0.15, 0.2) is 0 Å². The average molecular weight is 211 g/mol. The van der Waals surface area contributed by atoms with Gasteiger partial charge in [0.25, 0.3) is 0 Å². The molecule has 3 heteroatoms. The fourth-order valence-electron chi connectivity index (χ4n) is 2.50. The molecule has 2 aliphatic rings. The van der Waals surface area contributed by atoms with Crippen LogP contribution in [0.1, 0.15) is 40.5 Å². The first kappa shape index (κ1) is 10.8. The van der Waals surface area contributed by atoms with Gasteiger partial charge in [-0.3, -0.25) is 0 Å². The molecule has 0 aromatic rings.